The molecule has 0 saturated carbocycles. The molecule has 0 N–H and O–H groups in total. The highest BCUT2D eigenvalue weighted by atomic mass is 16.3. The number of fused-ring (bicyclic) bond motifs is 6. The van der Waals surface area contributed by atoms with Gasteiger partial charge in [-0.3, -0.25) is 0 Å². The summed E-state index contributed by atoms with van der Waals surface area (Å²) in [4.78, 5) is 0. The van der Waals surface area contributed by atoms with Crippen molar-refractivity contribution in [1.82, 2.24) is 0 Å². The van der Waals surface area contributed by atoms with E-state index < -0.39 is 42.3 Å². The standard InChI is InChI=1S/C42H26O/c1-2-11-27(12-3-1)28-21-23-29(24-22-28)40-32-15-6-8-17-34(32)41(35-18-9-7-16-33(35)40)37-20-10-19-36-38-25-30-13-4-5-14-31(30)26-39(38)43-42(36)37/h1-26H/i1D,2D,3D,11D,12D,21D,22D,23D,24D. The molecular weight excluding hydrogens is 520 g/mol. The molecule has 9 aromatic rings. The van der Waals surface area contributed by atoms with Gasteiger partial charge in [-0.25, -0.2) is 0 Å². The van der Waals surface area contributed by atoms with Crippen LogP contribution in [0.25, 0.3) is 87.6 Å². The SMILES string of the molecule is [2H]c1c([2H])c([2H])c(-c2c([2H])c([2H])c(-c3c4ccccc4c(-c4cccc5c4oc4cc6ccccc6cc45)c4ccccc34)c([2H])c2[2H])c([2H])c1[2H]. The van der Waals surface area contributed by atoms with Crippen LogP contribution in [-0.2, 0) is 0 Å². The van der Waals surface area contributed by atoms with Crippen LogP contribution in [0.5, 0.6) is 0 Å². The fourth-order valence-corrected chi connectivity index (χ4v) is 6.31. The molecule has 43 heavy (non-hydrogen) atoms. The third-order valence-corrected chi connectivity index (χ3v) is 8.19. The monoisotopic (exact) mass is 555 g/mol. The summed E-state index contributed by atoms with van der Waals surface area (Å²) in [5.41, 5.74) is 3.11. The minimum absolute atomic E-state index is 0.0544. The lowest BCUT2D eigenvalue weighted by Crippen LogP contribution is -1.91. The van der Waals surface area contributed by atoms with Gasteiger partial charge in [0.25, 0.3) is 0 Å². The molecule has 1 nitrogen and oxygen atoms in total. The van der Waals surface area contributed by atoms with Gasteiger partial charge in [-0.2, -0.15) is 0 Å². The van der Waals surface area contributed by atoms with Crippen LogP contribution < -0.4 is 0 Å². The van der Waals surface area contributed by atoms with Crippen molar-refractivity contribution in [2.24, 2.45) is 0 Å². The Balaban J connectivity index is 1.37. The van der Waals surface area contributed by atoms with E-state index in [4.69, 9.17) is 14.0 Å². The fourth-order valence-electron chi connectivity index (χ4n) is 6.31. The lowest BCUT2D eigenvalue weighted by Gasteiger charge is -2.18. The summed E-state index contributed by atoms with van der Waals surface area (Å²) in [6.07, 6.45) is 0. The molecule has 1 aromatic heterocycles. The number of hydrogen-bond donors (Lipinski definition) is 0. The summed E-state index contributed by atoms with van der Waals surface area (Å²) in [7, 11) is 0. The molecule has 0 aliphatic carbocycles. The van der Waals surface area contributed by atoms with Gasteiger partial charge < -0.3 is 4.42 Å². The maximum atomic E-state index is 9.29. The topological polar surface area (TPSA) is 13.1 Å². The van der Waals surface area contributed by atoms with E-state index >= 15 is 0 Å². The van der Waals surface area contributed by atoms with Crippen molar-refractivity contribution >= 4 is 54.3 Å². The summed E-state index contributed by atoms with van der Waals surface area (Å²) >= 11 is 0. The van der Waals surface area contributed by atoms with Crippen molar-refractivity contribution < 1.29 is 16.8 Å². The summed E-state index contributed by atoms with van der Waals surface area (Å²) < 4.78 is 84.8. The molecule has 1 heteroatoms. The zero-order valence-corrected chi connectivity index (χ0v) is 22.7. The molecule has 0 aliphatic heterocycles. The van der Waals surface area contributed by atoms with Crippen LogP contribution in [0.4, 0.5) is 0 Å². The first kappa shape index (κ1) is 16.7. The van der Waals surface area contributed by atoms with Crippen LogP contribution in [0.1, 0.15) is 12.3 Å². The second kappa shape index (κ2) is 9.44. The molecular formula is C42H26O. The van der Waals surface area contributed by atoms with Gasteiger partial charge in [0.05, 0.1) is 12.3 Å². The first-order chi connectivity index (χ1) is 25.1. The second-order valence-corrected chi connectivity index (χ2v) is 10.6. The second-order valence-electron chi connectivity index (χ2n) is 10.6. The van der Waals surface area contributed by atoms with Crippen LogP contribution in [0, 0.1) is 0 Å². The Morgan fingerprint density at radius 3 is 1.63 bits per heavy atom. The first-order valence-electron chi connectivity index (χ1n) is 18.5. The van der Waals surface area contributed by atoms with Crippen molar-refractivity contribution in [2.75, 3.05) is 0 Å². The smallest absolute Gasteiger partial charge is 0.143 e. The van der Waals surface area contributed by atoms with Gasteiger partial charge in [-0.1, -0.05) is 145 Å². The molecule has 1 heterocycles. The Morgan fingerprint density at radius 1 is 0.419 bits per heavy atom. The van der Waals surface area contributed by atoms with E-state index in [0.29, 0.717) is 16.3 Å². The van der Waals surface area contributed by atoms with E-state index in [1.807, 2.05) is 72.8 Å². The fraction of sp³-hybridized carbons (Fsp3) is 0. The molecule has 0 spiro atoms. The highest BCUT2D eigenvalue weighted by Gasteiger charge is 2.20. The van der Waals surface area contributed by atoms with Crippen LogP contribution in [0.3, 0.4) is 0 Å². The Bertz CT molecular complexity index is 2900. The number of rotatable bonds is 3. The Kier molecular flexibility index (Phi) is 3.67. The van der Waals surface area contributed by atoms with E-state index in [1.165, 1.54) is 0 Å². The molecule has 0 unspecified atom stereocenters. The minimum atomic E-state index is -0.614. The Hall–Kier alpha value is -5.66. The molecule has 0 fully saturated rings. The lowest BCUT2D eigenvalue weighted by atomic mass is 9.85. The number of hydrogen-bond acceptors (Lipinski definition) is 1. The van der Waals surface area contributed by atoms with Gasteiger partial charge in [0.1, 0.15) is 11.2 Å². The van der Waals surface area contributed by atoms with Gasteiger partial charge in [0, 0.05) is 21.9 Å². The molecule has 0 amide bonds. The van der Waals surface area contributed by atoms with Crippen molar-refractivity contribution in [3.63, 3.8) is 0 Å². The Morgan fingerprint density at radius 2 is 0.953 bits per heavy atom. The molecule has 0 radical (unpaired) electrons. The van der Waals surface area contributed by atoms with Crippen LogP contribution in [0.15, 0.2) is 162 Å². The van der Waals surface area contributed by atoms with Crippen molar-refractivity contribution in [2.45, 2.75) is 0 Å². The zero-order chi connectivity index (χ0) is 36.2. The van der Waals surface area contributed by atoms with E-state index in [0.717, 1.165) is 54.6 Å². The largest absolute Gasteiger partial charge is 0.455 e. The number of furan rings is 1. The summed E-state index contributed by atoms with van der Waals surface area (Å²) in [5.74, 6) is 0. The number of para-hydroxylation sites is 1. The molecule has 0 aliphatic rings. The van der Waals surface area contributed by atoms with Crippen molar-refractivity contribution in [1.29, 1.82) is 0 Å². The van der Waals surface area contributed by atoms with Gasteiger partial charge in [0.2, 0.25) is 0 Å². The zero-order valence-electron chi connectivity index (χ0n) is 31.7. The van der Waals surface area contributed by atoms with Crippen LogP contribution in [-0.4, -0.2) is 0 Å². The van der Waals surface area contributed by atoms with Crippen molar-refractivity contribution in [3.8, 4) is 33.4 Å². The Labute approximate surface area is 261 Å². The van der Waals surface area contributed by atoms with E-state index in [9.17, 15) is 2.74 Å². The molecule has 8 aromatic carbocycles. The maximum absolute atomic E-state index is 9.29. The predicted molar refractivity (Wildman–Crippen MR) is 183 cm³/mol. The normalized spacial score (nSPS) is 14.7. The van der Waals surface area contributed by atoms with E-state index in [-0.39, 0.29) is 28.8 Å². The number of benzene rings is 8. The molecule has 9 rings (SSSR count). The van der Waals surface area contributed by atoms with E-state index in [2.05, 4.69) is 30.3 Å². The minimum Gasteiger partial charge on any atom is -0.455 e. The molecule has 200 valence electrons. The predicted octanol–water partition coefficient (Wildman–Crippen LogP) is 12.0. The highest BCUT2D eigenvalue weighted by molar-refractivity contribution is 6.24. The average Bonchev–Trinajstić information content (AvgIpc) is 3.53. The summed E-state index contributed by atoms with van der Waals surface area (Å²) in [6, 6.07) is 29.1. The van der Waals surface area contributed by atoms with E-state index in [1.54, 1.807) is 0 Å². The quantitative estimate of drug-likeness (QED) is 0.198. The molecule has 0 saturated heterocycles. The third-order valence-electron chi connectivity index (χ3n) is 8.19. The highest BCUT2D eigenvalue weighted by Crippen LogP contribution is 2.46. The summed E-state index contributed by atoms with van der Waals surface area (Å²) in [6.45, 7) is 0. The average molecular weight is 556 g/mol. The maximum Gasteiger partial charge on any atom is 0.143 e. The lowest BCUT2D eigenvalue weighted by molar-refractivity contribution is 0.670. The van der Waals surface area contributed by atoms with Gasteiger partial charge in [-0.05, 0) is 66.7 Å². The molecule has 0 bridgehead atoms. The van der Waals surface area contributed by atoms with Gasteiger partial charge >= 0.3 is 0 Å². The van der Waals surface area contributed by atoms with Gasteiger partial charge in [0.15, 0.2) is 0 Å². The van der Waals surface area contributed by atoms with Gasteiger partial charge in [-0.15, -0.1) is 0 Å². The molecule has 0 atom stereocenters. The summed E-state index contributed by atoms with van der Waals surface area (Å²) in [5, 5.41) is 7.20. The van der Waals surface area contributed by atoms with Crippen LogP contribution in [0.2, 0.25) is 0 Å². The van der Waals surface area contributed by atoms with Crippen molar-refractivity contribution in [3.05, 3.63) is 158 Å². The van der Waals surface area contributed by atoms with Crippen LogP contribution >= 0.6 is 0 Å². The first-order valence-corrected chi connectivity index (χ1v) is 14.0. The third kappa shape index (κ3) is 3.72.